The van der Waals surface area contributed by atoms with E-state index >= 15 is 0 Å². The van der Waals surface area contributed by atoms with Crippen molar-refractivity contribution >= 4 is 11.8 Å². The lowest BCUT2D eigenvalue weighted by Gasteiger charge is -2.36. The zero-order valence-electron chi connectivity index (χ0n) is 13.3. The molecule has 2 heterocycles. The van der Waals surface area contributed by atoms with Crippen LogP contribution in [0.3, 0.4) is 0 Å². The van der Waals surface area contributed by atoms with Gasteiger partial charge in [0.05, 0.1) is 12.2 Å². The number of ketones is 1. The van der Waals surface area contributed by atoms with Crippen LogP contribution in [0.1, 0.15) is 37.8 Å². The molecule has 0 amide bonds. The summed E-state index contributed by atoms with van der Waals surface area (Å²) in [7, 11) is 0. The maximum atomic E-state index is 12.3. The minimum atomic E-state index is -0.234. The third-order valence-electron chi connectivity index (χ3n) is 5.07. The predicted octanol–water partition coefficient (Wildman–Crippen LogP) is 3.37. The molecule has 2 aliphatic rings. The Morgan fingerprint density at radius 1 is 1.25 bits per heavy atom. The number of fused-ring (bicyclic) bond motifs is 2. The van der Waals surface area contributed by atoms with E-state index in [0.717, 1.165) is 19.3 Å². The summed E-state index contributed by atoms with van der Waals surface area (Å²) >= 11 is 0. The van der Waals surface area contributed by atoms with Crippen LogP contribution in [0.25, 0.3) is 11.5 Å². The normalized spacial score (nSPS) is 26.3. The van der Waals surface area contributed by atoms with Gasteiger partial charge in [-0.05, 0) is 37.8 Å². The van der Waals surface area contributed by atoms with Gasteiger partial charge in [0.2, 0.25) is 5.76 Å². The number of Topliss-reactive ketones (excluding diaryl/α,β-unsaturated/α-hetero) is 1. The lowest BCUT2D eigenvalue weighted by Crippen LogP contribution is -2.39. The standard InChI is InChI=1S/C18H19NO5/c20-17-11-3-1-4-12(17)8-13(7-11)18(21)23-10-14-9-16(24-19-14)15-5-2-6-22-15/h2,5-6,9,11-13H,1,3-4,7-8,10H2. The van der Waals surface area contributed by atoms with Gasteiger partial charge in [-0.15, -0.1) is 0 Å². The van der Waals surface area contributed by atoms with Gasteiger partial charge in [-0.3, -0.25) is 9.59 Å². The van der Waals surface area contributed by atoms with Crippen molar-refractivity contribution in [2.45, 2.75) is 38.7 Å². The number of furan rings is 1. The van der Waals surface area contributed by atoms with Crippen molar-refractivity contribution in [1.29, 1.82) is 0 Å². The molecule has 2 saturated carbocycles. The van der Waals surface area contributed by atoms with Gasteiger partial charge in [-0.2, -0.15) is 0 Å². The number of hydrogen-bond donors (Lipinski definition) is 0. The van der Waals surface area contributed by atoms with Gasteiger partial charge in [0.25, 0.3) is 0 Å². The van der Waals surface area contributed by atoms with Gasteiger partial charge in [0.1, 0.15) is 18.1 Å². The molecule has 2 unspecified atom stereocenters. The Morgan fingerprint density at radius 3 is 2.75 bits per heavy atom. The third-order valence-corrected chi connectivity index (χ3v) is 5.07. The minimum absolute atomic E-state index is 0.0488. The minimum Gasteiger partial charge on any atom is -0.461 e. The predicted molar refractivity (Wildman–Crippen MR) is 82.6 cm³/mol. The van der Waals surface area contributed by atoms with Crippen molar-refractivity contribution in [2.75, 3.05) is 0 Å². The van der Waals surface area contributed by atoms with Crippen LogP contribution in [0.5, 0.6) is 0 Å². The molecule has 2 fully saturated rings. The van der Waals surface area contributed by atoms with E-state index in [1.54, 1.807) is 24.5 Å². The molecule has 2 aliphatic carbocycles. The summed E-state index contributed by atoms with van der Waals surface area (Å²) in [5, 5.41) is 3.89. The van der Waals surface area contributed by atoms with E-state index in [1.165, 1.54) is 0 Å². The fourth-order valence-corrected chi connectivity index (χ4v) is 3.85. The smallest absolute Gasteiger partial charge is 0.309 e. The van der Waals surface area contributed by atoms with Crippen LogP contribution in [0.15, 0.2) is 33.4 Å². The van der Waals surface area contributed by atoms with Gasteiger partial charge in [-0.1, -0.05) is 11.6 Å². The summed E-state index contributed by atoms with van der Waals surface area (Å²) in [6, 6.07) is 5.23. The van der Waals surface area contributed by atoms with Gasteiger partial charge in [0.15, 0.2) is 5.76 Å². The Hall–Kier alpha value is -2.37. The van der Waals surface area contributed by atoms with E-state index in [1.807, 2.05) is 0 Å². The van der Waals surface area contributed by atoms with E-state index in [4.69, 9.17) is 13.7 Å². The first-order valence-corrected chi connectivity index (χ1v) is 8.40. The molecule has 24 heavy (non-hydrogen) atoms. The third kappa shape index (κ3) is 2.88. The van der Waals surface area contributed by atoms with Gasteiger partial charge >= 0.3 is 5.97 Å². The molecule has 4 rings (SSSR count). The Balaban J connectivity index is 1.34. The average Bonchev–Trinajstić information content (AvgIpc) is 3.23. The van der Waals surface area contributed by atoms with Crippen molar-refractivity contribution in [2.24, 2.45) is 17.8 Å². The molecule has 126 valence electrons. The topological polar surface area (TPSA) is 82.5 Å². The highest BCUT2D eigenvalue weighted by Crippen LogP contribution is 2.40. The highest BCUT2D eigenvalue weighted by atomic mass is 16.5. The second kappa shape index (κ2) is 6.26. The molecule has 0 aliphatic heterocycles. The number of aromatic nitrogens is 1. The van der Waals surface area contributed by atoms with Crippen LogP contribution >= 0.6 is 0 Å². The number of carbonyl (C=O) groups is 2. The SMILES string of the molecule is O=C(OCc1cc(-c2ccco2)on1)C1CC2CCCC(C1)C2=O. The quantitative estimate of drug-likeness (QED) is 0.800. The average molecular weight is 329 g/mol. The number of esters is 1. The number of rotatable bonds is 4. The molecule has 2 atom stereocenters. The number of hydrogen-bond acceptors (Lipinski definition) is 6. The Labute approximate surface area is 139 Å². The van der Waals surface area contributed by atoms with Crippen molar-refractivity contribution in [1.82, 2.24) is 5.16 Å². The maximum absolute atomic E-state index is 12.3. The first kappa shape index (κ1) is 15.2. The molecule has 0 saturated heterocycles. The zero-order chi connectivity index (χ0) is 16.5. The van der Waals surface area contributed by atoms with Crippen molar-refractivity contribution in [3.8, 4) is 11.5 Å². The molecule has 0 N–H and O–H groups in total. The molecule has 6 nitrogen and oxygen atoms in total. The molecular weight excluding hydrogens is 310 g/mol. The van der Waals surface area contributed by atoms with Gasteiger partial charge in [0, 0.05) is 17.9 Å². The van der Waals surface area contributed by atoms with Crippen LogP contribution in [-0.4, -0.2) is 16.9 Å². The van der Waals surface area contributed by atoms with E-state index in [9.17, 15) is 9.59 Å². The molecule has 0 radical (unpaired) electrons. The van der Waals surface area contributed by atoms with Crippen molar-refractivity contribution in [3.05, 3.63) is 30.2 Å². The van der Waals surface area contributed by atoms with E-state index in [2.05, 4.69) is 5.16 Å². The highest BCUT2D eigenvalue weighted by Gasteiger charge is 2.41. The molecule has 6 heteroatoms. The van der Waals surface area contributed by atoms with Gasteiger partial charge < -0.3 is 13.7 Å². The second-order valence-electron chi connectivity index (χ2n) is 6.66. The molecule has 0 spiro atoms. The van der Waals surface area contributed by atoms with Crippen LogP contribution in [0.2, 0.25) is 0 Å². The second-order valence-corrected chi connectivity index (χ2v) is 6.66. The largest absolute Gasteiger partial charge is 0.461 e. The summed E-state index contributed by atoms with van der Waals surface area (Å²) in [5.74, 6) is 1.13. The lowest BCUT2D eigenvalue weighted by molar-refractivity contribution is -0.154. The molecule has 0 aromatic carbocycles. The first-order chi connectivity index (χ1) is 11.7. The highest BCUT2D eigenvalue weighted by molar-refractivity contribution is 5.87. The number of ether oxygens (including phenoxy) is 1. The first-order valence-electron chi connectivity index (χ1n) is 8.40. The molecule has 2 aromatic rings. The maximum Gasteiger partial charge on any atom is 0.309 e. The Kier molecular flexibility index (Phi) is 3.96. The van der Waals surface area contributed by atoms with E-state index in [-0.39, 0.29) is 30.3 Å². The fourth-order valence-electron chi connectivity index (χ4n) is 3.85. The number of carbonyl (C=O) groups excluding carboxylic acids is 2. The fraction of sp³-hybridized carbons (Fsp3) is 0.500. The lowest BCUT2D eigenvalue weighted by atomic mass is 9.67. The van der Waals surface area contributed by atoms with Crippen LogP contribution in [0, 0.1) is 17.8 Å². The Bertz CT molecular complexity index is 716. The summed E-state index contributed by atoms with van der Waals surface area (Å²) < 4.78 is 15.8. The summed E-state index contributed by atoms with van der Waals surface area (Å²) in [6.07, 6.45) is 5.73. The van der Waals surface area contributed by atoms with Gasteiger partial charge in [-0.25, -0.2) is 0 Å². The summed E-state index contributed by atoms with van der Waals surface area (Å²) in [5.41, 5.74) is 0.543. The van der Waals surface area contributed by atoms with E-state index in [0.29, 0.717) is 35.8 Å². The molecular formula is C18H19NO5. The van der Waals surface area contributed by atoms with Crippen LogP contribution in [-0.2, 0) is 20.9 Å². The monoisotopic (exact) mass is 329 g/mol. The Morgan fingerprint density at radius 2 is 2.04 bits per heavy atom. The number of nitrogens with zero attached hydrogens (tertiary/aromatic N) is 1. The molecule has 2 aromatic heterocycles. The van der Waals surface area contributed by atoms with Crippen molar-refractivity contribution in [3.63, 3.8) is 0 Å². The van der Waals surface area contributed by atoms with Crippen LogP contribution < -0.4 is 0 Å². The van der Waals surface area contributed by atoms with Crippen molar-refractivity contribution < 1.29 is 23.3 Å². The summed E-state index contributed by atoms with van der Waals surface area (Å²) in [6.45, 7) is 0.0722. The summed E-state index contributed by atoms with van der Waals surface area (Å²) in [4.78, 5) is 24.4. The zero-order valence-corrected chi connectivity index (χ0v) is 13.3. The molecule has 2 bridgehead atoms. The van der Waals surface area contributed by atoms with E-state index < -0.39 is 0 Å². The van der Waals surface area contributed by atoms with Crippen LogP contribution in [0.4, 0.5) is 0 Å².